The Balaban J connectivity index is 1.52. The van der Waals surface area contributed by atoms with E-state index in [1.54, 1.807) is 19.1 Å². The number of anilines is 1. The third-order valence-electron chi connectivity index (χ3n) is 4.74. The van der Waals surface area contributed by atoms with Gasteiger partial charge in [0.15, 0.2) is 0 Å². The molecule has 0 radical (unpaired) electrons. The summed E-state index contributed by atoms with van der Waals surface area (Å²) in [5.41, 5.74) is 3.16. The number of thioether (sulfide) groups is 1. The quantitative estimate of drug-likeness (QED) is 0.580. The lowest BCUT2D eigenvalue weighted by Crippen LogP contribution is -2.35. The molecule has 1 unspecified atom stereocenters. The summed E-state index contributed by atoms with van der Waals surface area (Å²) in [6.07, 6.45) is 1.82. The van der Waals surface area contributed by atoms with Crippen molar-refractivity contribution in [2.45, 2.75) is 19.1 Å². The Morgan fingerprint density at radius 1 is 1.23 bits per heavy atom. The number of aryl methyl sites for hydroxylation is 1. The van der Waals surface area contributed by atoms with E-state index in [1.807, 2.05) is 42.6 Å². The zero-order valence-electron chi connectivity index (χ0n) is 17.0. The summed E-state index contributed by atoms with van der Waals surface area (Å²) in [6, 6.07) is 14.1. The van der Waals surface area contributed by atoms with E-state index >= 15 is 0 Å². The molecule has 158 valence electrons. The second-order valence-electron chi connectivity index (χ2n) is 7.13. The highest BCUT2D eigenvalue weighted by molar-refractivity contribution is 8.04. The van der Waals surface area contributed by atoms with Gasteiger partial charge >= 0.3 is 0 Å². The number of carbonyl (C=O) groups is 2. The lowest BCUT2D eigenvalue weighted by Gasteiger charge is -2.17. The number of nitrogens with zero attached hydrogens (tertiary/aromatic N) is 2. The number of hydrogen-bond donors (Lipinski definition) is 1. The lowest BCUT2D eigenvalue weighted by molar-refractivity contribution is -0.130. The first kappa shape index (κ1) is 21.3. The van der Waals surface area contributed by atoms with Crippen molar-refractivity contribution >= 4 is 46.7 Å². The molecule has 5 nitrogen and oxygen atoms in total. The van der Waals surface area contributed by atoms with Crippen LogP contribution in [0.2, 0.25) is 0 Å². The van der Waals surface area contributed by atoms with Gasteiger partial charge < -0.3 is 5.32 Å². The molecule has 1 aliphatic rings. The molecule has 1 aromatic heterocycles. The molecule has 4 rings (SSSR count). The largest absolute Gasteiger partial charge is 0.322 e. The summed E-state index contributed by atoms with van der Waals surface area (Å²) in [6.45, 7) is 3.65. The van der Waals surface area contributed by atoms with Crippen molar-refractivity contribution in [1.82, 2.24) is 9.88 Å². The van der Waals surface area contributed by atoms with Crippen molar-refractivity contribution in [1.29, 1.82) is 0 Å². The van der Waals surface area contributed by atoms with Crippen LogP contribution in [-0.4, -0.2) is 33.5 Å². The average Bonchev–Trinajstić information content (AvgIpc) is 3.31. The lowest BCUT2D eigenvalue weighted by atomic mass is 10.1. The molecule has 1 saturated heterocycles. The third kappa shape index (κ3) is 4.86. The molecule has 0 bridgehead atoms. The normalized spacial score (nSPS) is 17.4. The number of amides is 2. The third-order valence-corrected chi connectivity index (χ3v) is 6.67. The van der Waals surface area contributed by atoms with Crippen LogP contribution in [0.1, 0.15) is 17.5 Å². The van der Waals surface area contributed by atoms with Gasteiger partial charge in [0.2, 0.25) is 11.8 Å². The minimum atomic E-state index is -0.520. The molecular weight excluding hydrogens is 433 g/mol. The Labute approximate surface area is 188 Å². The van der Waals surface area contributed by atoms with E-state index in [1.165, 1.54) is 45.7 Å². The monoisotopic (exact) mass is 453 g/mol. The van der Waals surface area contributed by atoms with Crippen molar-refractivity contribution in [2.75, 3.05) is 11.9 Å². The summed E-state index contributed by atoms with van der Waals surface area (Å²) < 4.78 is 13.8. The van der Waals surface area contributed by atoms with E-state index in [-0.39, 0.29) is 23.4 Å². The van der Waals surface area contributed by atoms with E-state index in [0.29, 0.717) is 5.03 Å². The van der Waals surface area contributed by atoms with E-state index in [9.17, 15) is 14.0 Å². The van der Waals surface area contributed by atoms with E-state index in [2.05, 4.69) is 10.3 Å². The number of nitrogens with one attached hydrogen (secondary N) is 1. The summed E-state index contributed by atoms with van der Waals surface area (Å²) >= 11 is 2.86. The van der Waals surface area contributed by atoms with Crippen LogP contribution in [0.5, 0.6) is 0 Å². The number of thiazole rings is 1. The van der Waals surface area contributed by atoms with Crippen LogP contribution in [0, 0.1) is 12.7 Å². The van der Waals surface area contributed by atoms with E-state index < -0.39 is 11.7 Å². The summed E-state index contributed by atoms with van der Waals surface area (Å²) in [5.74, 6) is -1.14. The van der Waals surface area contributed by atoms with Crippen LogP contribution >= 0.6 is 23.1 Å². The van der Waals surface area contributed by atoms with Crippen molar-refractivity contribution in [2.24, 2.45) is 0 Å². The van der Waals surface area contributed by atoms with Crippen molar-refractivity contribution in [3.8, 4) is 11.3 Å². The van der Waals surface area contributed by atoms with Gasteiger partial charge in [0.05, 0.1) is 21.7 Å². The first-order valence-corrected chi connectivity index (χ1v) is 11.4. The topological polar surface area (TPSA) is 62.3 Å². The number of hydrogen-bond acceptors (Lipinski definition) is 5. The zero-order valence-corrected chi connectivity index (χ0v) is 18.6. The number of halogens is 1. The average molecular weight is 454 g/mol. The Morgan fingerprint density at radius 3 is 2.71 bits per heavy atom. The molecule has 2 aromatic carbocycles. The second kappa shape index (κ2) is 9.03. The number of aromatic nitrogens is 1. The minimum Gasteiger partial charge on any atom is -0.322 e. The van der Waals surface area contributed by atoms with Crippen molar-refractivity contribution in [3.63, 3.8) is 0 Å². The highest BCUT2D eigenvalue weighted by atomic mass is 32.2. The Bertz CT molecular complexity index is 1160. The van der Waals surface area contributed by atoms with Gasteiger partial charge in [0, 0.05) is 17.0 Å². The molecule has 0 spiro atoms. The molecule has 1 aliphatic heterocycles. The van der Waals surface area contributed by atoms with Crippen LogP contribution in [-0.2, 0) is 9.59 Å². The minimum absolute atomic E-state index is 0.0908. The van der Waals surface area contributed by atoms with Gasteiger partial charge in [0.1, 0.15) is 17.4 Å². The molecule has 1 fully saturated rings. The predicted octanol–water partition coefficient (Wildman–Crippen LogP) is 5.16. The Kier molecular flexibility index (Phi) is 6.20. The van der Waals surface area contributed by atoms with Gasteiger partial charge in [-0.1, -0.05) is 53.7 Å². The SMILES string of the molecule is Cc1ccc(-c2csc(/C=C3/SC(C)C(=O)N3CC(=O)Nc3ccccc3F)n2)cc1. The molecule has 0 aliphatic carbocycles. The maximum atomic E-state index is 13.8. The summed E-state index contributed by atoms with van der Waals surface area (Å²) in [4.78, 5) is 31.2. The highest BCUT2D eigenvalue weighted by Gasteiger charge is 2.35. The summed E-state index contributed by atoms with van der Waals surface area (Å²) in [5, 5.41) is 5.61. The number of para-hydroxylation sites is 1. The van der Waals surface area contributed by atoms with Crippen molar-refractivity contribution in [3.05, 3.63) is 75.3 Å². The maximum Gasteiger partial charge on any atom is 0.244 e. The van der Waals surface area contributed by atoms with Crippen LogP contribution in [0.3, 0.4) is 0 Å². The smallest absolute Gasteiger partial charge is 0.244 e. The van der Waals surface area contributed by atoms with Gasteiger partial charge in [-0.05, 0) is 26.0 Å². The number of benzene rings is 2. The second-order valence-corrected chi connectivity index (χ2v) is 9.38. The van der Waals surface area contributed by atoms with E-state index in [0.717, 1.165) is 16.3 Å². The maximum absolute atomic E-state index is 13.8. The Hall–Kier alpha value is -2.97. The molecule has 2 amide bonds. The molecule has 0 saturated carbocycles. The molecule has 3 aromatic rings. The first-order chi connectivity index (χ1) is 14.9. The molecule has 8 heteroatoms. The number of rotatable bonds is 5. The molecule has 1 atom stereocenters. The number of carbonyl (C=O) groups excluding carboxylic acids is 2. The molecule has 1 N–H and O–H groups in total. The van der Waals surface area contributed by atoms with Crippen molar-refractivity contribution < 1.29 is 14.0 Å². The summed E-state index contributed by atoms with van der Waals surface area (Å²) in [7, 11) is 0. The van der Waals surface area contributed by atoms with Gasteiger partial charge in [-0.3, -0.25) is 14.5 Å². The fraction of sp³-hybridized carbons (Fsp3) is 0.174. The van der Waals surface area contributed by atoms with Crippen LogP contribution in [0.25, 0.3) is 17.3 Å². The van der Waals surface area contributed by atoms with Crippen LogP contribution in [0.15, 0.2) is 58.9 Å². The van der Waals surface area contributed by atoms with Gasteiger partial charge in [-0.25, -0.2) is 9.37 Å². The Morgan fingerprint density at radius 2 is 1.97 bits per heavy atom. The van der Waals surface area contributed by atoms with Crippen LogP contribution in [0.4, 0.5) is 10.1 Å². The predicted molar refractivity (Wildman–Crippen MR) is 124 cm³/mol. The van der Waals surface area contributed by atoms with E-state index in [4.69, 9.17) is 0 Å². The standard InChI is InChI=1S/C23H20FN3O2S2/c1-14-7-9-16(10-8-14)19-13-30-21(26-19)11-22-27(23(29)15(2)31-22)12-20(28)25-18-6-4-3-5-17(18)24/h3-11,13,15H,12H2,1-2H3,(H,25,28)/b22-11+. The fourth-order valence-corrected chi connectivity index (χ4v) is 4.98. The molecule has 2 heterocycles. The molecular formula is C23H20FN3O2S2. The first-order valence-electron chi connectivity index (χ1n) is 9.67. The van der Waals surface area contributed by atoms with Gasteiger partial charge in [0.25, 0.3) is 0 Å². The highest BCUT2D eigenvalue weighted by Crippen LogP contribution is 2.37. The van der Waals surface area contributed by atoms with Gasteiger partial charge in [-0.2, -0.15) is 0 Å². The van der Waals surface area contributed by atoms with Crippen LogP contribution < -0.4 is 5.32 Å². The fourth-order valence-electron chi connectivity index (χ4n) is 3.10. The zero-order chi connectivity index (χ0) is 22.0. The molecule has 31 heavy (non-hydrogen) atoms. The van der Waals surface area contributed by atoms with Gasteiger partial charge in [-0.15, -0.1) is 11.3 Å².